The Morgan fingerprint density at radius 2 is 2.00 bits per heavy atom. The Balaban J connectivity index is 1.97. The van der Waals surface area contributed by atoms with Crippen molar-refractivity contribution in [2.75, 3.05) is 13.2 Å². The van der Waals surface area contributed by atoms with Crippen molar-refractivity contribution in [3.8, 4) is 0 Å². The quantitative estimate of drug-likeness (QED) is 0.699. The molecule has 0 spiro atoms. The Labute approximate surface area is 104 Å². The standard InChI is InChI=1S/C13H25NO3/c1-2-3-4-5-6-7-11-17-13(16)14-10-8-9-12(14)15/h12,15H,2-11H2,1H3. The van der Waals surface area contributed by atoms with Gasteiger partial charge in [-0.15, -0.1) is 0 Å². The average Bonchev–Trinajstić information content (AvgIpc) is 2.74. The Morgan fingerprint density at radius 1 is 1.29 bits per heavy atom. The highest BCUT2D eigenvalue weighted by Gasteiger charge is 2.27. The first-order chi connectivity index (χ1) is 8.25. The van der Waals surface area contributed by atoms with E-state index in [0.29, 0.717) is 19.6 Å². The second kappa shape index (κ2) is 8.34. The maximum absolute atomic E-state index is 11.5. The van der Waals surface area contributed by atoms with Crippen molar-refractivity contribution in [2.45, 2.75) is 64.5 Å². The van der Waals surface area contributed by atoms with Crippen molar-refractivity contribution in [1.29, 1.82) is 0 Å². The molecule has 4 heteroatoms. The topological polar surface area (TPSA) is 49.8 Å². The molecule has 1 aliphatic heterocycles. The third-order valence-corrected chi connectivity index (χ3v) is 3.18. The summed E-state index contributed by atoms with van der Waals surface area (Å²) >= 11 is 0. The third kappa shape index (κ3) is 5.39. The van der Waals surface area contributed by atoms with Crippen LogP contribution < -0.4 is 0 Å². The summed E-state index contributed by atoms with van der Waals surface area (Å²) in [6.45, 7) is 3.30. The van der Waals surface area contributed by atoms with Crippen LogP contribution in [-0.2, 0) is 4.74 Å². The van der Waals surface area contributed by atoms with E-state index < -0.39 is 6.23 Å². The predicted octanol–water partition coefficient (Wildman–Crippen LogP) is 2.90. The summed E-state index contributed by atoms with van der Waals surface area (Å²) in [5.74, 6) is 0. The van der Waals surface area contributed by atoms with E-state index in [2.05, 4.69) is 6.92 Å². The molecule has 1 atom stereocenters. The minimum atomic E-state index is -0.632. The lowest BCUT2D eigenvalue weighted by Crippen LogP contribution is -2.35. The highest BCUT2D eigenvalue weighted by Crippen LogP contribution is 2.15. The van der Waals surface area contributed by atoms with Crippen molar-refractivity contribution in [1.82, 2.24) is 4.90 Å². The highest BCUT2D eigenvalue weighted by molar-refractivity contribution is 5.68. The van der Waals surface area contributed by atoms with Gasteiger partial charge < -0.3 is 9.84 Å². The summed E-state index contributed by atoms with van der Waals surface area (Å²) in [6, 6.07) is 0. The van der Waals surface area contributed by atoms with Gasteiger partial charge in [0, 0.05) is 6.54 Å². The highest BCUT2D eigenvalue weighted by atomic mass is 16.6. The lowest BCUT2D eigenvalue weighted by atomic mass is 10.1. The van der Waals surface area contributed by atoms with Crippen molar-refractivity contribution >= 4 is 6.09 Å². The van der Waals surface area contributed by atoms with E-state index in [9.17, 15) is 9.90 Å². The molecule has 100 valence electrons. The first kappa shape index (κ1) is 14.3. The van der Waals surface area contributed by atoms with E-state index in [0.717, 1.165) is 19.3 Å². The van der Waals surface area contributed by atoms with Gasteiger partial charge in [0.1, 0.15) is 6.23 Å². The maximum atomic E-state index is 11.5. The normalized spacial score (nSPS) is 19.6. The summed E-state index contributed by atoms with van der Waals surface area (Å²) in [7, 11) is 0. The molecule has 1 heterocycles. The van der Waals surface area contributed by atoms with Gasteiger partial charge in [0.15, 0.2) is 0 Å². The molecule has 1 unspecified atom stereocenters. The lowest BCUT2D eigenvalue weighted by molar-refractivity contribution is 0.0243. The second-order valence-electron chi connectivity index (χ2n) is 4.70. The van der Waals surface area contributed by atoms with Gasteiger partial charge >= 0.3 is 6.09 Å². The van der Waals surface area contributed by atoms with E-state index in [-0.39, 0.29) is 6.09 Å². The molecule has 0 aromatic heterocycles. The van der Waals surface area contributed by atoms with Crippen LogP contribution in [0.1, 0.15) is 58.3 Å². The molecule has 17 heavy (non-hydrogen) atoms. The Morgan fingerprint density at radius 3 is 2.65 bits per heavy atom. The number of ether oxygens (including phenoxy) is 1. The molecule has 1 rings (SSSR count). The fraction of sp³-hybridized carbons (Fsp3) is 0.923. The van der Waals surface area contributed by atoms with Crippen LogP contribution in [0.25, 0.3) is 0 Å². The van der Waals surface area contributed by atoms with Gasteiger partial charge in [-0.3, -0.25) is 4.90 Å². The summed E-state index contributed by atoms with van der Waals surface area (Å²) in [4.78, 5) is 12.9. The second-order valence-corrected chi connectivity index (χ2v) is 4.70. The van der Waals surface area contributed by atoms with Crippen LogP contribution in [0.4, 0.5) is 4.79 Å². The zero-order chi connectivity index (χ0) is 12.5. The zero-order valence-electron chi connectivity index (χ0n) is 10.9. The molecule has 1 aliphatic rings. The molecule has 0 aromatic carbocycles. The van der Waals surface area contributed by atoms with Crippen LogP contribution in [0.2, 0.25) is 0 Å². The Bertz CT molecular complexity index is 221. The van der Waals surface area contributed by atoms with E-state index in [4.69, 9.17) is 4.74 Å². The van der Waals surface area contributed by atoms with Gasteiger partial charge in [-0.25, -0.2) is 4.79 Å². The SMILES string of the molecule is CCCCCCCCOC(=O)N1CCCC1O. The van der Waals surface area contributed by atoms with Crippen LogP contribution in [0.5, 0.6) is 0 Å². The molecule has 1 amide bonds. The van der Waals surface area contributed by atoms with Crippen LogP contribution in [-0.4, -0.2) is 35.5 Å². The number of nitrogens with zero attached hydrogens (tertiary/aromatic N) is 1. The van der Waals surface area contributed by atoms with Gasteiger partial charge in [-0.2, -0.15) is 0 Å². The van der Waals surface area contributed by atoms with E-state index in [1.165, 1.54) is 30.6 Å². The zero-order valence-corrected chi connectivity index (χ0v) is 10.9. The number of carbonyl (C=O) groups is 1. The molecule has 4 nitrogen and oxygen atoms in total. The lowest BCUT2D eigenvalue weighted by Gasteiger charge is -2.19. The number of rotatable bonds is 7. The molecule has 1 saturated heterocycles. The average molecular weight is 243 g/mol. The van der Waals surface area contributed by atoms with Crippen LogP contribution in [0, 0.1) is 0 Å². The van der Waals surface area contributed by atoms with Gasteiger partial charge in [0.2, 0.25) is 0 Å². The minimum absolute atomic E-state index is 0.358. The van der Waals surface area contributed by atoms with Gasteiger partial charge in [0.25, 0.3) is 0 Å². The molecular formula is C13H25NO3. The number of likely N-dealkylation sites (tertiary alicyclic amines) is 1. The smallest absolute Gasteiger partial charge is 0.411 e. The van der Waals surface area contributed by atoms with Crippen LogP contribution >= 0.6 is 0 Å². The Kier molecular flexibility index (Phi) is 7.01. The number of aliphatic hydroxyl groups is 1. The monoisotopic (exact) mass is 243 g/mol. The van der Waals surface area contributed by atoms with Crippen molar-refractivity contribution in [2.24, 2.45) is 0 Å². The van der Waals surface area contributed by atoms with E-state index in [1.54, 1.807) is 0 Å². The van der Waals surface area contributed by atoms with Gasteiger partial charge in [0.05, 0.1) is 6.61 Å². The number of hydrogen-bond acceptors (Lipinski definition) is 3. The number of carbonyl (C=O) groups excluding carboxylic acids is 1. The van der Waals surface area contributed by atoms with Gasteiger partial charge in [-0.1, -0.05) is 39.0 Å². The molecule has 0 aliphatic carbocycles. The number of hydrogen-bond donors (Lipinski definition) is 1. The fourth-order valence-electron chi connectivity index (χ4n) is 2.09. The molecule has 0 bridgehead atoms. The molecule has 0 aromatic rings. The molecular weight excluding hydrogens is 218 g/mol. The summed E-state index contributed by atoms with van der Waals surface area (Å²) in [6.07, 6.45) is 7.64. The van der Waals surface area contributed by atoms with Gasteiger partial charge in [-0.05, 0) is 19.3 Å². The van der Waals surface area contributed by atoms with Crippen molar-refractivity contribution < 1.29 is 14.6 Å². The first-order valence-electron chi connectivity index (χ1n) is 6.87. The summed E-state index contributed by atoms with van der Waals surface area (Å²) < 4.78 is 5.13. The number of amides is 1. The van der Waals surface area contributed by atoms with Crippen molar-refractivity contribution in [3.05, 3.63) is 0 Å². The first-order valence-corrected chi connectivity index (χ1v) is 6.87. The number of aliphatic hydroxyl groups excluding tert-OH is 1. The molecule has 0 saturated carbocycles. The maximum Gasteiger partial charge on any atom is 0.411 e. The van der Waals surface area contributed by atoms with Crippen LogP contribution in [0.3, 0.4) is 0 Å². The number of unbranched alkanes of at least 4 members (excludes halogenated alkanes) is 5. The van der Waals surface area contributed by atoms with Crippen molar-refractivity contribution in [3.63, 3.8) is 0 Å². The summed E-state index contributed by atoms with van der Waals surface area (Å²) in [5.41, 5.74) is 0. The predicted molar refractivity (Wildman–Crippen MR) is 66.7 cm³/mol. The molecule has 1 fully saturated rings. The molecule has 1 N–H and O–H groups in total. The van der Waals surface area contributed by atoms with Crippen LogP contribution in [0.15, 0.2) is 0 Å². The third-order valence-electron chi connectivity index (χ3n) is 3.18. The summed E-state index contributed by atoms with van der Waals surface area (Å²) in [5, 5.41) is 9.48. The fourth-order valence-corrected chi connectivity index (χ4v) is 2.09. The van der Waals surface area contributed by atoms with E-state index >= 15 is 0 Å². The van der Waals surface area contributed by atoms with E-state index in [1.807, 2.05) is 0 Å². The minimum Gasteiger partial charge on any atom is -0.449 e. The molecule has 0 radical (unpaired) electrons. The Hall–Kier alpha value is -0.770. The largest absolute Gasteiger partial charge is 0.449 e.